The van der Waals surface area contributed by atoms with E-state index in [4.69, 9.17) is 34.8 Å². The second-order valence-corrected chi connectivity index (χ2v) is 7.50. The Balaban J connectivity index is 2.30. The van der Waals surface area contributed by atoms with Gasteiger partial charge in [0.05, 0.1) is 5.02 Å². The summed E-state index contributed by atoms with van der Waals surface area (Å²) >= 11 is 19.5. The molecule has 0 atom stereocenters. The monoisotopic (exact) mass is 396 g/mol. The number of carboxylic acids is 1. The normalized spacial score (nSPS) is 10.8. The van der Waals surface area contributed by atoms with E-state index >= 15 is 0 Å². The van der Waals surface area contributed by atoms with Crippen LogP contribution in [0.15, 0.2) is 42.5 Å². The minimum Gasteiger partial charge on any atom is -0.477 e. The SMILES string of the molecule is Cc1c(C(=O)O)sc(-c2ccc(Cl)cc2Cl)c1-c1ccc(Cl)cc1. The molecule has 0 saturated carbocycles. The number of hydrogen-bond donors (Lipinski definition) is 1. The first-order valence-corrected chi connectivity index (χ1v) is 8.91. The van der Waals surface area contributed by atoms with Crippen molar-refractivity contribution in [2.45, 2.75) is 6.92 Å². The molecule has 0 saturated heterocycles. The van der Waals surface area contributed by atoms with Crippen molar-refractivity contribution in [3.8, 4) is 21.6 Å². The lowest BCUT2D eigenvalue weighted by Crippen LogP contribution is -1.94. The Hall–Kier alpha value is -1.52. The summed E-state index contributed by atoms with van der Waals surface area (Å²) in [6.45, 7) is 1.80. The number of aromatic carboxylic acids is 1. The van der Waals surface area contributed by atoms with Crippen LogP contribution in [0.4, 0.5) is 0 Å². The van der Waals surface area contributed by atoms with Crippen molar-refractivity contribution >= 4 is 52.1 Å². The molecule has 0 amide bonds. The Labute approximate surface area is 158 Å². The molecule has 1 N–H and O–H groups in total. The molecule has 0 unspecified atom stereocenters. The van der Waals surface area contributed by atoms with Crippen molar-refractivity contribution in [3.63, 3.8) is 0 Å². The third-order valence-electron chi connectivity index (χ3n) is 3.65. The average molecular weight is 398 g/mol. The standard InChI is InChI=1S/C18H11Cl3O2S/c1-9-15(10-2-4-11(19)5-3-10)17(24-16(9)18(22)23)13-7-6-12(20)8-14(13)21/h2-8H,1H3,(H,22,23). The number of thiophene rings is 1. The Bertz CT molecular complexity index is 930. The Morgan fingerprint density at radius 2 is 1.62 bits per heavy atom. The van der Waals surface area contributed by atoms with Gasteiger partial charge < -0.3 is 5.11 Å². The summed E-state index contributed by atoms with van der Waals surface area (Å²) in [6.07, 6.45) is 0. The molecule has 1 aromatic heterocycles. The first-order chi connectivity index (χ1) is 11.4. The van der Waals surface area contributed by atoms with Crippen molar-refractivity contribution in [2.24, 2.45) is 0 Å². The fraction of sp³-hybridized carbons (Fsp3) is 0.0556. The number of hydrogen-bond acceptors (Lipinski definition) is 2. The van der Waals surface area contributed by atoms with E-state index in [1.165, 1.54) is 11.3 Å². The third kappa shape index (κ3) is 3.17. The fourth-order valence-electron chi connectivity index (χ4n) is 2.54. The second-order valence-electron chi connectivity index (χ2n) is 5.20. The zero-order chi connectivity index (χ0) is 17.4. The van der Waals surface area contributed by atoms with Crippen LogP contribution in [0.25, 0.3) is 21.6 Å². The molecule has 0 radical (unpaired) electrons. The van der Waals surface area contributed by atoms with E-state index in [0.29, 0.717) is 25.5 Å². The van der Waals surface area contributed by atoms with Crippen LogP contribution in [0.5, 0.6) is 0 Å². The van der Waals surface area contributed by atoms with Crippen molar-refractivity contribution in [1.29, 1.82) is 0 Å². The van der Waals surface area contributed by atoms with Crippen molar-refractivity contribution in [2.75, 3.05) is 0 Å². The topological polar surface area (TPSA) is 37.3 Å². The van der Waals surface area contributed by atoms with Gasteiger partial charge in [0.2, 0.25) is 0 Å². The van der Waals surface area contributed by atoms with E-state index in [1.807, 2.05) is 12.1 Å². The van der Waals surface area contributed by atoms with Crippen molar-refractivity contribution < 1.29 is 9.90 Å². The number of carbonyl (C=O) groups is 1. The highest BCUT2D eigenvalue weighted by molar-refractivity contribution is 7.18. The summed E-state index contributed by atoms with van der Waals surface area (Å²) in [4.78, 5) is 12.7. The average Bonchev–Trinajstić information content (AvgIpc) is 2.86. The molecular formula is C18H11Cl3O2S. The van der Waals surface area contributed by atoms with E-state index < -0.39 is 5.97 Å². The summed E-state index contributed by atoms with van der Waals surface area (Å²) in [5.41, 5.74) is 3.20. The van der Waals surface area contributed by atoms with Gasteiger partial charge in [-0.15, -0.1) is 11.3 Å². The molecule has 0 aliphatic carbocycles. The predicted octanol–water partition coefficient (Wildman–Crippen LogP) is 7.05. The van der Waals surface area contributed by atoms with E-state index in [9.17, 15) is 9.90 Å². The largest absolute Gasteiger partial charge is 0.477 e. The highest BCUT2D eigenvalue weighted by atomic mass is 35.5. The van der Waals surface area contributed by atoms with Crippen LogP contribution >= 0.6 is 46.1 Å². The molecule has 24 heavy (non-hydrogen) atoms. The van der Waals surface area contributed by atoms with Gasteiger partial charge in [0.15, 0.2) is 0 Å². The molecular weight excluding hydrogens is 387 g/mol. The van der Waals surface area contributed by atoms with Crippen molar-refractivity contribution in [3.05, 3.63) is 68.0 Å². The van der Waals surface area contributed by atoms with Gasteiger partial charge in [-0.25, -0.2) is 4.79 Å². The van der Waals surface area contributed by atoms with E-state index in [-0.39, 0.29) is 0 Å². The molecule has 3 aromatic rings. The fourth-order valence-corrected chi connectivity index (χ4v) is 4.44. The second kappa shape index (κ2) is 6.77. The number of rotatable bonds is 3. The lowest BCUT2D eigenvalue weighted by atomic mass is 9.98. The molecule has 6 heteroatoms. The Morgan fingerprint density at radius 1 is 1.00 bits per heavy atom. The molecule has 3 rings (SSSR count). The first-order valence-electron chi connectivity index (χ1n) is 6.96. The molecule has 0 fully saturated rings. The van der Waals surface area contributed by atoms with E-state index in [2.05, 4.69) is 0 Å². The molecule has 2 aromatic carbocycles. The van der Waals surface area contributed by atoms with Crippen LogP contribution in [0.3, 0.4) is 0 Å². The summed E-state index contributed by atoms with van der Waals surface area (Å²) in [5, 5.41) is 11.1. The summed E-state index contributed by atoms with van der Waals surface area (Å²) in [6, 6.07) is 12.5. The maximum atomic E-state index is 11.6. The van der Waals surface area contributed by atoms with Crippen LogP contribution in [0.1, 0.15) is 15.2 Å². The zero-order valence-electron chi connectivity index (χ0n) is 12.4. The summed E-state index contributed by atoms with van der Waals surface area (Å²) in [5.74, 6) is -0.955. The number of halogens is 3. The van der Waals surface area contributed by atoms with Crippen LogP contribution in [-0.4, -0.2) is 11.1 Å². The maximum Gasteiger partial charge on any atom is 0.346 e. The molecule has 0 aliphatic heterocycles. The van der Waals surface area contributed by atoms with Gasteiger partial charge in [0.1, 0.15) is 4.88 Å². The van der Waals surface area contributed by atoms with Gasteiger partial charge in [-0.05, 0) is 42.3 Å². The highest BCUT2D eigenvalue weighted by Crippen LogP contribution is 2.45. The predicted molar refractivity (Wildman–Crippen MR) is 102 cm³/mol. The quantitative estimate of drug-likeness (QED) is 0.514. The molecule has 0 bridgehead atoms. The number of carboxylic acid groups (broad SMARTS) is 1. The Morgan fingerprint density at radius 3 is 2.21 bits per heavy atom. The minimum atomic E-state index is -0.955. The van der Waals surface area contributed by atoms with Crippen LogP contribution < -0.4 is 0 Å². The van der Waals surface area contributed by atoms with Crippen molar-refractivity contribution in [1.82, 2.24) is 0 Å². The lowest BCUT2D eigenvalue weighted by Gasteiger charge is -2.08. The molecule has 0 spiro atoms. The van der Waals surface area contributed by atoms with Gasteiger partial charge in [-0.3, -0.25) is 0 Å². The maximum absolute atomic E-state index is 11.6. The highest BCUT2D eigenvalue weighted by Gasteiger charge is 2.23. The molecule has 122 valence electrons. The molecule has 0 aliphatic rings. The number of benzene rings is 2. The summed E-state index contributed by atoms with van der Waals surface area (Å²) in [7, 11) is 0. The third-order valence-corrected chi connectivity index (χ3v) is 5.76. The van der Waals surface area contributed by atoms with Gasteiger partial charge in [0, 0.05) is 26.0 Å². The van der Waals surface area contributed by atoms with Gasteiger partial charge in [-0.1, -0.05) is 53.0 Å². The van der Waals surface area contributed by atoms with Crippen LogP contribution in [0.2, 0.25) is 15.1 Å². The molecule has 1 heterocycles. The van der Waals surface area contributed by atoms with Crippen LogP contribution in [-0.2, 0) is 0 Å². The molecule has 2 nitrogen and oxygen atoms in total. The lowest BCUT2D eigenvalue weighted by molar-refractivity contribution is 0.0701. The minimum absolute atomic E-state index is 0.293. The smallest absolute Gasteiger partial charge is 0.346 e. The van der Waals surface area contributed by atoms with Gasteiger partial charge in [0.25, 0.3) is 0 Å². The zero-order valence-corrected chi connectivity index (χ0v) is 15.5. The van der Waals surface area contributed by atoms with E-state index in [1.54, 1.807) is 37.3 Å². The van der Waals surface area contributed by atoms with Gasteiger partial charge in [-0.2, -0.15) is 0 Å². The first kappa shape index (κ1) is 17.3. The Kier molecular flexibility index (Phi) is 4.88. The van der Waals surface area contributed by atoms with Gasteiger partial charge >= 0.3 is 5.97 Å². The van der Waals surface area contributed by atoms with E-state index in [0.717, 1.165) is 21.6 Å². The van der Waals surface area contributed by atoms with Crippen LogP contribution in [0, 0.1) is 6.92 Å². The summed E-state index contributed by atoms with van der Waals surface area (Å²) < 4.78 is 0.